The second-order valence-corrected chi connectivity index (χ2v) is 3.28. The van der Waals surface area contributed by atoms with Gasteiger partial charge in [-0.25, -0.2) is 0 Å². The summed E-state index contributed by atoms with van der Waals surface area (Å²) < 4.78 is 0. The first-order chi connectivity index (χ1) is 5.66. The molecular formula is C10H17NO. The molecule has 0 rings (SSSR count). The quantitative estimate of drug-likeness (QED) is 0.476. The van der Waals surface area contributed by atoms with Crippen LogP contribution in [0.2, 0.25) is 0 Å². The fraction of sp³-hybridized carbons (Fsp3) is 0.700. The van der Waals surface area contributed by atoms with E-state index in [1.807, 2.05) is 0 Å². The van der Waals surface area contributed by atoms with Gasteiger partial charge in [-0.3, -0.25) is 10.1 Å². The van der Waals surface area contributed by atoms with Crippen molar-refractivity contribution in [2.24, 2.45) is 5.92 Å². The topological polar surface area (TPSA) is 29.1 Å². The molecule has 2 nitrogen and oxygen atoms in total. The van der Waals surface area contributed by atoms with Crippen molar-refractivity contribution in [2.45, 2.75) is 26.7 Å². The zero-order valence-corrected chi connectivity index (χ0v) is 7.89. The van der Waals surface area contributed by atoms with Crippen LogP contribution in [-0.4, -0.2) is 18.9 Å². The summed E-state index contributed by atoms with van der Waals surface area (Å²) in [6.45, 7) is 5.12. The minimum atomic E-state index is 0.249. The summed E-state index contributed by atoms with van der Waals surface area (Å²) in [5.74, 6) is 3.27. The van der Waals surface area contributed by atoms with Gasteiger partial charge in [0.15, 0.2) is 0 Å². The van der Waals surface area contributed by atoms with Crippen molar-refractivity contribution in [3.8, 4) is 12.3 Å². The number of rotatable bonds is 6. The number of nitrogens with one attached hydrogen (secondary N) is 1. The van der Waals surface area contributed by atoms with Gasteiger partial charge >= 0.3 is 0 Å². The van der Waals surface area contributed by atoms with Gasteiger partial charge in [-0.15, -0.1) is 6.42 Å². The van der Waals surface area contributed by atoms with Crippen molar-refractivity contribution in [3.63, 3.8) is 0 Å². The van der Waals surface area contributed by atoms with E-state index in [2.05, 4.69) is 25.1 Å². The van der Waals surface area contributed by atoms with E-state index >= 15 is 0 Å². The number of carbonyl (C=O) groups is 1. The molecule has 0 bridgehead atoms. The summed E-state index contributed by atoms with van der Waals surface area (Å²) in [5.41, 5.74) is 0. The third-order valence-electron chi connectivity index (χ3n) is 1.55. The van der Waals surface area contributed by atoms with Crippen LogP contribution in [0.4, 0.5) is 0 Å². The van der Waals surface area contributed by atoms with E-state index in [9.17, 15) is 4.79 Å². The Hall–Kier alpha value is -0.810. The molecule has 0 atom stereocenters. The minimum Gasteiger partial charge on any atom is -0.299 e. The summed E-state index contributed by atoms with van der Waals surface area (Å²) in [7, 11) is 0. The largest absolute Gasteiger partial charge is 0.299 e. The molecule has 0 spiro atoms. The molecule has 0 aromatic carbocycles. The first kappa shape index (κ1) is 11.2. The number of hydrogen-bond donors (Lipinski definition) is 1. The van der Waals surface area contributed by atoms with Gasteiger partial charge in [0, 0.05) is 6.42 Å². The Kier molecular flexibility index (Phi) is 6.41. The standard InChI is InChI=1S/C10H17NO/c1-4-7-11-8-10(12)6-5-9(2)3/h1,9,11H,5-8H2,2-3H3. The molecule has 0 saturated carbocycles. The molecule has 68 valence electrons. The molecular weight excluding hydrogens is 150 g/mol. The van der Waals surface area contributed by atoms with Crippen LogP contribution >= 0.6 is 0 Å². The van der Waals surface area contributed by atoms with Crippen LogP contribution in [-0.2, 0) is 4.79 Å². The molecule has 0 aromatic heterocycles. The van der Waals surface area contributed by atoms with E-state index < -0.39 is 0 Å². The van der Waals surface area contributed by atoms with Crippen LogP contribution in [0.25, 0.3) is 0 Å². The summed E-state index contributed by atoms with van der Waals surface area (Å²) in [6.07, 6.45) is 6.64. The number of terminal acetylenes is 1. The lowest BCUT2D eigenvalue weighted by Gasteiger charge is -2.03. The molecule has 0 saturated heterocycles. The van der Waals surface area contributed by atoms with Gasteiger partial charge in [-0.05, 0) is 12.3 Å². The van der Waals surface area contributed by atoms with Gasteiger partial charge in [0.05, 0.1) is 13.1 Å². The summed E-state index contributed by atoms with van der Waals surface area (Å²) >= 11 is 0. The van der Waals surface area contributed by atoms with Gasteiger partial charge in [-0.1, -0.05) is 19.8 Å². The first-order valence-corrected chi connectivity index (χ1v) is 4.32. The predicted molar refractivity (Wildman–Crippen MR) is 50.8 cm³/mol. The Balaban J connectivity index is 3.29. The first-order valence-electron chi connectivity index (χ1n) is 4.32. The normalized spacial score (nSPS) is 9.83. The molecule has 0 radical (unpaired) electrons. The highest BCUT2D eigenvalue weighted by atomic mass is 16.1. The van der Waals surface area contributed by atoms with Crippen molar-refractivity contribution < 1.29 is 4.79 Å². The number of hydrogen-bond acceptors (Lipinski definition) is 2. The summed E-state index contributed by atoms with van der Waals surface area (Å²) in [5, 5.41) is 2.87. The third kappa shape index (κ3) is 7.30. The summed E-state index contributed by atoms with van der Waals surface area (Å²) in [6, 6.07) is 0. The molecule has 1 N–H and O–H groups in total. The second-order valence-electron chi connectivity index (χ2n) is 3.28. The average Bonchev–Trinajstić information content (AvgIpc) is 2.01. The molecule has 0 amide bonds. The van der Waals surface area contributed by atoms with E-state index in [0.717, 1.165) is 6.42 Å². The molecule has 0 unspecified atom stereocenters. The Labute approximate surface area is 74.7 Å². The maximum absolute atomic E-state index is 11.1. The van der Waals surface area contributed by atoms with Crippen LogP contribution in [0, 0.1) is 18.3 Å². The molecule has 2 heteroatoms. The molecule has 0 fully saturated rings. The lowest BCUT2D eigenvalue weighted by Crippen LogP contribution is -2.23. The van der Waals surface area contributed by atoms with Crippen molar-refractivity contribution >= 4 is 5.78 Å². The highest BCUT2D eigenvalue weighted by Crippen LogP contribution is 2.02. The Morgan fingerprint density at radius 1 is 1.58 bits per heavy atom. The average molecular weight is 167 g/mol. The predicted octanol–water partition coefficient (Wildman–Crippen LogP) is 1.21. The van der Waals surface area contributed by atoms with Gasteiger partial charge in [0.25, 0.3) is 0 Å². The van der Waals surface area contributed by atoms with Gasteiger partial charge in [0.2, 0.25) is 0 Å². The van der Waals surface area contributed by atoms with Crippen molar-refractivity contribution in [3.05, 3.63) is 0 Å². The third-order valence-corrected chi connectivity index (χ3v) is 1.55. The van der Waals surface area contributed by atoms with Gasteiger partial charge in [-0.2, -0.15) is 0 Å². The van der Waals surface area contributed by atoms with Crippen molar-refractivity contribution in [1.29, 1.82) is 0 Å². The van der Waals surface area contributed by atoms with Gasteiger partial charge in [0.1, 0.15) is 5.78 Å². The maximum atomic E-state index is 11.1. The second kappa shape index (κ2) is 6.87. The molecule has 0 aliphatic heterocycles. The zero-order valence-electron chi connectivity index (χ0n) is 7.89. The van der Waals surface area contributed by atoms with E-state index in [1.54, 1.807) is 0 Å². The Bertz CT molecular complexity index is 167. The molecule has 0 aromatic rings. The fourth-order valence-electron chi connectivity index (χ4n) is 0.812. The van der Waals surface area contributed by atoms with E-state index in [4.69, 9.17) is 6.42 Å². The minimum absolute atomic E-state index is 0.249. The fourth-order valence-corrected chi connectivity index (χ4v) is 0.812. The van der Waals surface area contributed by atoms with Crippen molar-refractivity contribution in [2.75, 3.05) is 13.1 Å². The van der Waals surface area contributed by atoms with E-state index in [0.29, 0.717) is 25.4 Å². The van der Waals surface area contributed by atoms with Crippen LogP contribution in [0.1, 0.15) is 26.7 Å². The van der Waals surface area contributed by atoms with Crippen molar-refractivity contribution in [1.82, 2.24) is 5.32 Å². The maximum Gasteiger partial charge on any atom is 0.146 e. The van der Waals surface area contributed by atoms with Crippen LogP contribution < -0.4 is 5.32 Å². The molecule has 0 aliphatic carbocycles. The van der Waals surface area contributed by atoms with E-state index in [-0.39, 0.29) is 5.78 Å². The number of ketones is 1. The smallest absolute Gasteiger partial charge is 0.146 e. The van der Waals surface area contributed by atoms with Gasteiger partial charge < -0.3 is 0 Å². The zero-order chi connectivity index (χ0) is 9.40. The molecule has 12 heavy (non-hydrogen) atoms. The van der Waals surface area contributed by atoms with Crippen LogP contribution in [0.5, 0.6) is 0 Å². The SMILES string of the molecule is C#CCNCC(=O)CCC(C)C. The molecule has 0 heterocycles. The Morgan fingerprint density at radius 2 is 2.25 bits per heavy atom. The lowest BCUT2D eigenvalue weighted by atomic mass is 10.1. The van der Waals surface area contributed by atoms with E-state index in [1.165, 1.54) is 0 Å². The number of carbonyl (C=O) groups excluding carboxylic acids is 1. The Morgan fingerprint density at radius 3 is 2.75 bits per heavy atom. The van der Waals surface area contributed by atoms with Crippen LogP contribution in [0.15, 0.2) is 0 Å². The van der Waals surface area contributed by atoms with Crippen LogP contribution in [0.3, 0.4) is 0 Å². The monoisotopic (exact) mass is 167 g/mol. The lowest BCUT2D eigenvalue weighted by molar-refractivity contribution is -0.118. The number of Topliss-reactive ketones (excluding diaryl/α,β-unsaturated/α-hetero) is 1. The summed E-state index contributed by atoms with van der Waals surface area (Å²) in [4.78, 5) is 11.1. The highest BCUT2D eigenvalue weighted by Gasteiger charge is 2.01. The molecule has 0 aliphatic rings. The highest BCUT2D eigenvalue weighted by molar-refractivity contribution is 5.80.